The lowest BCUT2D eigenvalue weighted by atomic mass is 10.0. The van der Waals surface area contributed by atoms with Crippen LogP contribution < -0.4 is 10.1 Å². The van der Waals surface area contributed by atoms with E-state index in [9.17, 15) is 4.79 Å². The molecule has 0 aliphatic heterocycles. The van der Waals surface area contributed by atoms with Gasteiger partial charge in [-0.2, -0.15) is 0 Å². The molecule has 4 rings (SSSR count). The normalized spacial score (nSPS) is 12.2. The number of carbonyl (C=O) groups excluding carboxylic acids is 1. The van der Waals surface area contributed by atoms with E-state index in [0.29, 0.717) is 5.88 Å². The van der Waals surface area contributed by atoms with Gasteiger partial charge in [0.2, 0.25) is 5.88 Å². The van der Waals surface area contributed by atoms with Crippen LogP contribution in [-0.2, 0) is 4.79 Å². The lowest BCUT2D eigenvalue weighted by Crippen LogP contribution is -2.31. The van der Waals surface area contributed by atoms with Crippen molar-refractivity contribution in [1.29, 1.82) is 0 Å². The molecule has 0 saturated carbocycles. The van der Waals surface area contributed by atoms with Crippen LogP contribution in [0.2, 0.25) is 0 Å². The highest BCUT2D eigenvalue weighted by Crippen LogP contribution is 2.25. The molecule has 1 amide bonds. The molecule has 0 aliphatic rings. The second kappa shape index (κ2) is 7.09. The fourth-order valence-electron chi connectivity index (χ4n) is 2.86. The van der Waals surface area contributed by atoms with Crippen LogP contribution in [0.1, 0.15) is 18.5 Å². The molecule has 4 aromatic rings. The predicted octanol–water partition coefficient (Wildman–Crippen LogP) is 4.10. The van der Waals surface area contributed by atoms with E-state index in [2.05, 4.69) is 39.6 Å². The first-order valence-corrected chi connectivity index (χ1v) is 9.18. The molecule has 0 spiro atoms. The zero-order valence-corrected chi connectivity index (χ0v) is 15.0. The molecule has 6 heteroatoms. The van der Waals surface area contributed by atoms with Gasteiger partial charge in [-0.3, -0.25) is 4.79 Å². The molecule has 130 valence electrons. The molecule has 2 aromatic carbocycles. The fraction of sp³-hybridized carbons (Fsp3) is 0.150. The molecule has 0 fully saturated rings. The van der Waals surface area contributed by atoms with E-state index < -0.39 is 0 Å². The standard InChI is InChI=1S/C20H17N3O2S/c1-13(15-7-6-14-4-2-3-5-16(14)10-15)23-18(24)11-25-19-17-8-9-26-20(17)22-12-21-19/h2-10,12-13H,11H2,1H3,(H,23,24). The number of ether oxygens (including phenoxy) is 1. The highest BCUT2D eigenvalue weighted by molar-refractivity contribution is 7.16. The van der Waals surface area contributed by atoms with E-state index in [-0.39, 0.29) is 18.6 Å². The van der Waals surface area contributed by atoms with E-state index in [1.807, 2.05) is 36.6 Å². The van der Waals surface area contributed by atoms with Gasteiger partial charge in [-0.1, -0.05) is 36.4 Å². The Morgan fingerprint density at radius 3 is 2.88 bits per heavy atom. The molecular weight excluding hydrogens is 346 g/mol. The minimum absolute atomic E-state index is 0.0835. The van der Waals surface area contributed by atoms with E-state index in [1.165, 1.54) is 23.1 Å². The second-order valence-electron chi connectivity index (χ2n) is 6.00. The number of hydrogen-bond acceptors (Lipinski definition) is 5. The first kappa shape index (κ1) is 16.5. The molecule has 26 heavy (non-hydrogen) atoms. The largest absolute Gasteiger partial charge is 0.467 e. The van der Waals surface area contributed by atoms with Crippen molar-refractivity contribution in [2.24, 2.45) is 0 Å². The number of nitrogens with one attached hydrogen (secondary N) is 1. The third kappa shape index (κ3) is 3.36. The Kier molecular flexibility index (Phi) is 4.50. The topological polar surface area (TPSA) is 64.1 Å². The third-order valence-electron chi connectivity index (χ3n) is 4.22. The van der Waals surface area contributed by atoms with Gasteiger partial charge < -0.3 is 10.1 Å². The lowest BCUT2D eigenvalue weighted by molar-refractivity contribution is -0.123. The second-order valence-corrected chi connectivity index (χ2v) is 6.90. The number of carbonyl (C=O) groups is 1. The molecular formula is C20H17N3O2S. The Morgan fingerprint density at radius 1 is 1.15 bits per heavy atom. The van der Waals surface area contributed by atoms with Crippen molar-refractivity contribution in [2.75, 3.05) is 6.61 Å². The minimum Gasteiger partial charge on any atom is -0.467 e. The smallest absolute Gasteiger partial charge is 0.258 e. The Labute approximate surface area is 154 Å². The summed E-state index contributed by atoms with van der Waals surface area (Å²) in [5.74, 6) is 0.248. The molecule has 1 unspecified atom stereocenters. The summed E-state index contributed by atoms with van der Waals surface area (Å²) in [5.41, 5.74) is 1.05. The van der Waals surface area contributed by atoms with Crippen molar-refractivity contribution < 1.29 is 9.53 Å². The van der Waals surface area contributed by atoms with Crippen LogP contribution in [0.15, 0.2) is 60.2 Å². The van der Waals surface area contributed by atoms with Crippen LogP contribution >= 0.6 is 11.3 Å². The van der Waals surface area contributed by atoms with Gasteiger partial charge in [0.25, 0.3) is 5.91 Å². The summed E-state index contributed by atoms with van der Waals surface area (Å²) in [5, 5.41) is 8.06. The summed E-state index contributed by atoms with van der Waals surface area (Å²) in [6, 6.07) is 16.2. The highest BCUT2D eigenvalue weighted by atomic mass is 32.1. The van der Waals surface area contributed by atoms with Crippen LogP contribution in [0.25, 0.3) is 21.0 Å². The molecule has 0 aliphatic carbocycles. The zero-order chi connectivity index (χ0) is 17.9. The van der Waals surface area contributed by atoms with Crippen LogP contribution in [0, 0.1) is 0 Å². The highest BCUT2D eigenvalue weighted by Gasteiger charge is 2.12. The Morgan fingerprint density at radius 2 is 2.00 bits per heavy atom. The van der Waals surface area contributed by atoms with Gasteiger partial charge in [0.15, 0.2) is 6.61 Å². The van der Waals surface area contributed by atoms with Crippen LogP contribution in [0.4, 0.5) is 0 Å². The van der Waals surface area contributed by atoms with Crippen LogP contribution in [0.3, 0.4) is 0 Å². The summed E-state index contributed by atoms with van der Waals surface area (Å²) < 4.78 is 5.59. The number of fused-ring (bicyclic) bond motifs is 2. The van der Waals surface area contributed by atoms with Gasteiger partial charge in [0, 0.05) is 0 Å². The molecule has 1 N–H and O–H groups in total. The number of rotatable bonds is 5. The Balaban J connectivity index is 1.41. The summed E-state index contributed by atoms with van der Waals surface area (Å²) in [4.78, 5) is 21.4. The zero-order valence-electron chi connectivity index (χ0n) is 14.2. The first-order valence-electron chi connectivity index (χ1n) is 8.30. The van der Waals surface area contributed by atoms with Gasteiger partial charge in [-0.25, -0.2) is 9.97 Å². The average molecular weight is 363 g/mol. The molecule has 2 aromatic heterocycles. The summed E-state index contributed by atoms with van der Waals surface area (Å²) >= 11 is 1.51. The SMILES string of the molecule is CC(NC(=O)COc1ncnc2sccc12)c1ccc2ccccc2c1. The van der Waals surface area contributed by atoms with E-state index in [0.717, 1.165) is 21.2 Å². The Bertz CT molecular complexity index is 1080. The predicted molar refractivity (Wildman–Crippen MR) is 103 cm³/mol. The summed E-state index contributed by atoms with van der Waals surface area (Å²) in [6.45, 7) is 1.88. The molecule has 2 heterocycles. The Hall–Kier alpha value is -2.99. The molecule has 5 nitrogen and oxygen atoms in total. The summed E-state index contributed by atoms with van der Waals surface area (Å²) in [7, 11) is 0. The van der Waals surface area contributed by atoms with Crippen molar-refractivity contribution in [3.05, 3.63) is 65.8 Å². The van der Waals surface area contributed by atoms with Gasteiger partial charge in [-0.05, 0) is 40.8 Å². The van der Waals surface area contributed by atoms with Gasteiger partial charge in [0.1, 0.15) is 11.2 Å². The molecule has 0 bridgehead atoms. The van der Waals surface area contributed by atoms with Crippen molar-refractivity contribution in [3.8, 4) is 5.88 Å². The molecule has 0 radical (unpaired) electrons. The van der Waals surface area contributed by atoms with Crippen molar-refractivity contribution >= 4 is 38.2 Å². The number of thiophene rings is 1. The monoisotopic (exact) mass is 363 g/mol. The van der Waals surface area contributed by atoms with Crippen molar-refractivity contribution in [1.82, 2.24) is 15.3 Å². The summed E-state index contributed by atoms with van der Waals surface area (Å²) in [6.07, 6.45) is 1.45. The maximum atomic E-state index is 12.3. The number of aromatic nitrogens is 2. The number of amides is 1. The first-order chi connectivity index (χ1) is 12.7. The van der Waals surface area contributed by atoms with Gasteiger partial charge in [-0.15, -0.1) is 11.3 Å². The van der Waals surface area contributed by atoms with E-state index >= 15 is 0 Å². The number of nitrogens with zero attached hydrogens (tertiary/aromatic N) is 2. The van der Waals surface area contributed by atoms with Gasteiger partial charge >= 0.3 is 0 Å². The number of benzene rings is 2. The maximum absolute atomic E-state index is 12.3. The fourth-order valence-corrected chi connectivity index (χ4v) is 3.58. The molecule has 1 atom stereocenters. The van der Waals surface area contributed by atoms with Gasteiger partial charge in [0.05, 0.1) is 11.4 Å². The van der Waals surface area contributed by atoms with Crippen molar-refractivity contribution in [3.63, 3.8) is 0 Å². The maximum Gasteiger partial charge on any atom is 0.258 e. The van der Waals surface area contributed by atoms with Crippen molar-refractivity contribution in [2.45, 2.75) is 13.0 Å². The molecule has 0 saturated heterocycles. The average Bonchev–Trinajstić information content (AvgIpc) is 3.15. The van der Waals surface area contributed by atoms with Crippen LogP contribution in [0.5, 0.6) is 5.88 Å². The van der Waals surface area contributed by atoms with E-state index in [4.69, 9.17) is 4.74 Å². The van der Waals surface area contributed by atoms with Crippen LogP contribution in [-0.4, -0.2) is 22.5 Å². The third-order valence-corrected chi connectivity index (χ3v) is 5.04. The quantitative estimate of drug-likeness (QED) is 0.580. The lowest BCUT2D eigenvalue weighted by Gasteiger charge is -2.15. The van der Waals surface area contributed by atoms with E-state index in [1.54, 1.807) is 0 Å². The number of hydrogen-bond donors (Lipinski definition) is 1. The minimum atomic E-state index is -0.187.